The molecule has 0 saturated heterocycles. The summed E-state index contributed by atoms with van der Waals surface area (Å²) in [6.45, 7) is 1.73. The summed E-state index contributed by atoms with van der Waals surface area (Å²) in [7, 11) is 0. The summed E-state index contributed by atoms with van der Waals surface area (Å²) in [6.07, 6.45) is 0. The van der Waals surface area contributed by atoms with Crippen molar-refractivity contribution in [2.45, 2.75) is 17.3 Å². The third-order valence-corrected chi connectivity index (χ3v) is 5.54. The maximum absolute atomic E-state index is 12.4. The van der Waals surface area contributed by atoms with Crippen LogP contribution in [0.25, 0.3) is 11.4 Å². The number of carbonyl (C=O) groups is 1. The van der Waals surface area contributed by atoms with Crippen molar-refractivity contribution >= 4 is 45.6 Å². The van der Waals surface area contributed by atoms with Crippen LogP contribution in [0.3, 0.4) is 0 Å². The molecule has 0 spiro atoms. The summed E-state index contributed by atoms with van der Waals surface area (Å²) in [6, 6.07) is 10.8. The van der Waals surface area contributed by atoms with Crippen LogP contribution in [0.15, 0.2) is 40.9 Å². The van der Waals surface area contributed by atoms with Crippen LogP contribution in [0.4, 0.5) is 5.00 Å². The van der Waals surface area contributed by atoms with E-state index in [2.05, 4.69) is 15.5 Å². The molecule has 0 unspecified atom stereocenters. The fourth-order valence-electron chi connectivity index (χ4n) is 2.10. The van der Waals surface area contributed by atoms with Crippen molar-refractivity contribution in [2.24, 2.45) is 0 Å². The largest absolute Gasteiger partial charge is 0.335 e. The average Bonchev–Trinajstić information content (AvgIpc) is 3.21. The van der Waals surface area contributed by atoms with Gasteiger partial charge in [-0.1, -0.05) is 35.5 Å². The number of aromatic nitrogens is 3. The quantitative estimate of drug-likeness (QED) is 0.498. The summed E-state index contributed by atoms with van der Waals surface area (Å²) in [4.78, 5) is 12.4. The van der Waals surface area contributed by atoms with Crippen LogP contribution in [-0.2, 0) is 4.79 Å². The van der Waals surface area contributed by atoms with Crippen LogP contribution >= 0.6 is 34.7 Å². The number of nitrogens with zero attached hydrogens (tertiary/aromatic N) is 4. The van der Waals surface area contributed by atoms with E-state index in [-0.39, 0.29) is 5.91 Å². The summed E-state index contributed by atoms with van der Waals surface area (Å²) in [5.41, 5.74) is 1.17. The number of amides is 1. The zero-order valence-electron chi connectivity index (χ0n) is 13.5. The highest BCUT2D eigenvalue weighted by Gasteiger charge is 2.21. The SMILES string of the molecule is C[C@@H](Sc1nnc(-c2cccc(Cl)c2)n1N)C(=O)Nc1sccc1C#N. The molecule has 0 aliphatic heterocycles. The number of nitrogen functional groups attached to an aromatic ring is 1. The lowest BCUT2D eigenvalue weighted by atomic mass is 10.2. The number of rotatable bonds is 5. The highest BCUT2D eigenvalue weighted by molar-refractivity contribution is 8.00. The van der Waals surface area contributed by atoms with E-state index in [0.717, 1.165) is 5.56 Å². The topological polar surface area (TPSA) is 110 Å². The molecule has 3 rings (SSSR count). The molecule has 1 amide bonds. The molecule has 0 saturated carbocycles. The zero-order chi connectivity index (χ0) is 18.7. The molecule has 1 atom stereocenters. The van der Waals surface area contributed by atoms with Gasteiger partial charge in [0.05, 0.1) is 10.8 Å². The van der Waals surface area contributed by atoms with E-state index in [0.29, 0.717) is 26.6 Å². The second-order valence-corrected chi connectivity index (χ2v) is 7.87. The Labute approximate surface area is 162 Å². The fourth-order valence-corrected chi connectivity index (χ4v) is 3.80. The molecule has 2 aromatic heterocycles. The third kappa shape index (κ3) is 3.83. The van der Waals surface area contributed by atoms with Crippen LogP contribution in [-0.4, -0.2) is 26.0 Å². The van der Waals surface area contributed by atoms with Crippen molar-refractivity contribution in [3.8, 4) is 17.5 Å². The van der Waals surface area contributed by atoms with Crippen LogP contribution in [0.5, 0.6) is 0 Å². The Morgan fingerprint density at radius 3 is 3.00 bits per heavy atom. The van der Waals surface area contributed by atoms with Gasteiger partial charge in [-0.15, -0.1) is 21.5 Å². The normalized spacial score (nSPS) is 11.7. The minimum absolute atomic E-state index is 0.249. The number of halogens is 1. The maximum Gasteiger partial charge on any atom is 0.238 e. The van der Waals surface area contributed by atoms with E-state index >= 15 is 0 Å². The van der Waals surface area contributed by atoms with Crippen LogP contribution < -0.4 is 11.2 Å². The van der Waals surface area contributed by atoms with E-state index in [1.807, 2.05) is 12.1 Å². The number of hydrogen-bond donors (Lipinski definition) is 2. The molecule has 7 nitrogen and oxygen atoms in total. The standard InChI is InChI=1S/C16H13ClN6OS2/c1-9(14(24)20-15-11(8-18)5-6-25-15)26-16-22-21-13(23(16)19)10-3-2-4-12(17)7-10/h2-7,9H,19H2,1H3,(H,20,24)/t9-/m1/s1. The molecular formula is C16H13ClN6OS2. The van der Waals surface area contributed by atoms with Gasteiger partial charge in [-0.2, -0.15) is 5.26 Å². The Morgan fingerprint density at radius 1 is 1.46 bits per heavy atom. The van der Waals surface area contributed by atoms with Crippen molar-refractivity contribution in [1.82, 2.24) is 14.9 Å². The number of carbonyl (C=O) groups excluding carboxylic acids is 1. The predicted octanol–water partition coefficient (Wildman–Crippen LogP) is 3.36. The van der Waals surface area contributed by atoms with Gasteiger partial charge in [-0.3, -0.25) is 4.79 Å². The Morgan fingerprint density at radius 2 is 2.27 bits per heavy atom. The molecule has 10 heteroatoms. The van der Waals surface area contributed by atoms with Gasteiger partial charge in [0.25, 0.3) is 0 Å². The molecule has 132 valence electrons. The lowest BCUT2D eigenvalue weighted by Gasteiger charge is -2.10. The smallest absolute Gasteiger partial charge is 0.238 e. The van der Waals surface area contributed by atoms with Crippen molar-refractivity contribution in [1.29, 1.82) is 5.26 Å². The molecule has 3 aromatic rings. The van der Waals surface area contributed by atoms with E-state index < -0.39 is 5.25 Å². The van der Waals surface area contributed by atoms with E-state index in [9.17, 15) is 4.79 Å². The highest BCUT2D eigenvalue weighted by atomic mass is 35.5. The minimum atomic E-state index is -0.484. The number of hydrogen-bond acceptors (Lipinski definition) is 7. The second-order valence-electron chi connectivity index (χ2n) is 5.21. The number of thiophene rings is 1. The lowest BCUT2D eigenvalue weighted by Crippen LogP contribution is -2.23. The molecule has 2 heterocycles. The van der Waals surface area contributed by atoms with Crippen molar-refractivity contribution < 1.29 is 4.79 Å². The van der Waals surface area contributed by atoms with Crippen LogP contribution in [0.2, 0.25) is 5.02 Å². The van der Waals surface area contributed by atoms with Gasteiger partial charge < -0.3 is 11.2 Å². The molecule has 3 N–H and O–H groups in total. The first kappa shape index (κ1) is 18.3. The second kappa shape index (κ2) is 7.78. The molecule has 1 aromatic carbocycles. The van der Waals surface area contributed by atoms with Gasteiger partial charge in [-0.05, 0) is 30.5 Å². The maximum atomic E-state index is 12.4. The molecule has 26 heavy (non-hydrogen) atoms. The van der Waals surface area contributed by atoms with Gasteiger partial charge in [0, 0.05) is 10.6 Å². The molecule has 0 aliphatic carbocycles. The van der Waals surface area contributed by atoms with Gasteiger partial charge >= 0.3 is 0 Å². The third-order valence-electron chi connectivity index (χ3n) is 3.42. The van der Waals surface area contributed by atoms with Gasteiger partial charge in [0.2, 0.25) is 11.1 Å². The van der Waals surface area contributed by atoms with E-state index in [1.54, 1.807) is 36.6 Å². The molecule has 0 radical (unpaired) electrons. The monoisotopic (exact) mass is 404 g/mol. The average molecular weight is 405 g/mol. The summed E-state index contributed by atoms with van der Waals surface area (Å²) < 4.78 is 1.33. The van der Waals surface area contributed by atoms with Gasteiger partial charge in [-0.25, -0.2) is 4.68 Å². The Balaban J connectivity index is 1.73. The van der Waals surface area contributed by atoms with Gasteiger partial charge in [0.15, 0.2) is 5.82 Å². The summed E-state index contributed by atoms with van der Waals surface area (Å²) >= 11 is 8.47. The first-order chi connectivity index (χ1) is 12.5. The van der Waals surface area contributed by atoms with Crippen molar-refractivity contribution in [3.63, 3.8) is 0 Å². The summed E-state index contributed by atoms with van der Waals surface area (Å²) in [5, 5.41) is 22.6. The first-order valence-corrected chi connectivity index (χ1v) is 9.55. The molecule has 0 fully saturated rings. The number of thioether (sulfide) groups is 1. The van der Waals surface area contributed by atoms with E-state index in [4.69, 9.17) is 22.7 Å². The first-order valence-electron chi connectivity index (χ1n) is 7.41. The number of nitrogens with two attached hydrogens (primary N) is 1. The highest BCUT2D eigenvalue weighted by Crippen LogP contribution is 2.28. The van der Waals surface area contributed by atoms with Gasteiger partial charge in [0.1, 0.15) is 11.1 Å². The van der Waals surface area contributed by atoms with Crippen LogP contribution in [0, 0.1) is 11.3 Å². The fraction of sp³-hybridized carbons (Fsp3) is 0.125. The predicted molar refractivity (Wildman–Crippen MR) is 104 cm³/mol. The van der Waals surface area contributed by atoms with E-state index in [1.165, 1.54) is 27.8 Å². The molecule has 0 aliphatic rings. The Bertz CT molecular complexity index is 993. The Hall–Kier alpha value is -2.54. The zero-order valence-corrected chi connectivity index (χ0v) is 15.9. The number of nitrogens with one attached hydrogen (secondary N) is 1. The van der Waals surface area contributed by atoms with Crippen molar-refractivity contribution in [2.75, 3.05) is 11.2 Å². The minimum Gasteiger partial charge on any atom is -0.335 e. The molecule has 0 bridgehead atoms. The Kier molecular flexibility index (Phi) is 5.46. The lowest BCUT2D eigenvalue weighted by molar-refractivity contribution is -0.115. The van der Waals surface area contributed by atoms with Crippen LogP contribution in [0.1, 0.15) is 12.5 Å². The molecular weight excluding hydrogens is 392 g/mol. The number of benzene rings is 1. The number of anilines is 1. The van der Waals surface area contributed by atoms with Crippen molar-refractivity contribution in [3.05, 3.63) is 46.3 Å². The number of nitriles is 1. The summed E-state index contributed by atoms with van der Waals surface area (Å²) in [5.74, 6) is 6.27.